The normalized spacial score (nSPS) is 19.1. The van der Waals surface area contributed by atoms with Crippen LogP contribution in [-0.2, 0) is 9.63 Å². The number of ether oxygens (including phenoxy) is 1. The van der Waals surface area contributed by atoms with Crippen LogP contribution in [0, 0.1) is 0 Å². The highest BCUT2D eigenvalue weighted by molar-refractivity contribution is 5.76. The van der Waals surface area contributed by atoms with E-state index in [0.717, 1.165) is 63.6 Å². The number of amides is 1. The van der Waals surface area contributed by atoms with E-state index in [-0.39, 0.29) is 5.91 Å². The van der Waals surface area contributed by atoms with Crippen LogP contribution in [0.5, 0.6) is 5.75 Å². The fourth-order valence-electron chi connectivity index (χ4n) is 3.40. The molecule has 2 aliphatic rings. The maximum Gasteiger partial charge on any atom is 0.224 e. The Morgan fingerprint density at radius 3 is 2.64 bits per heavy atom. The summed E-state index contributed by atoms with van der Waals surface area (Å²) in [4.78, 5) is 22.3. The molecule has 0 radical (unpaired) electrons. The van der Waals surface area contributed by atoms with Crippen LogP contribution in [0.25, 0.3) is 0 Å². The third kappa shape index (κ3) is 4.86. The van der Waals surface area contributed by atoms with E-state index in [9.17, 15) is 4.79 Å². The van der Waals surface area contributed by atoms with Gasteiger partial charge >= 0.3 is 0 Å². The van der Waals surface area contributed by atoms with Gasteiger partial charge in [0, 0.05) is 45.7 Å². The van der Waals surface area contributed by atoms with Crippen LogP contribution in [-0.4, -0.2) is 68.4 Å². The van der Waals surface area contributed by atoms with Crippen molar-refractivity contribution in [3.05, 3.63) is 24.3 Å². The SMILES string of the molecule is CCOc1ccccc1N1CCN(C(=O)CCN2CCCCO2)CC1. The van der Waals surface area contributed by atoms with E-state index in [1.165, 1.54) is 0 Å². The van der Waals surface area contributed by atoms with Crippen LogP contribution in [0.15, 0.2) is 24.3 Å². The summed E-state index contributed by atoms with van der Waals surface area (Å²) >= 11 is 0. The van der Waals surface area contributed by atoms with Gasteiger partial charge in [-0.15, -0.1) is 0 Å². The Balaban J connectivity index is 1.47. The van der Waals surface area contributed by atoms with Gasteiger partial charge in [-0.2, -0.15) is 5.06 Å². The van der Waals surface area contributed by atoms with Gasteiger partial charge in [-0.05, 0) is 31.9 Å². The van der Waals surface area contributed by atoms with Gasteiger partial charge in [-0.25, -0.2) is 0 Å². The van der Waals surface area contributed by atoms with Crippen molar-refractivity contribution in [1.29, 1.82) is 0 Å². The molecule has 6 heteroatoms. The van der Waals surface area contributed by atoms with Gasteiger partial charge in [-0.1, -0.05) is 12.1 Å². The molecule has 6 nitrogen and oxygen atoms in total. The monoisotopic (exact) mass is 347 g/mol. The Kier molecular flexibility index (Phi) is 6.53. The number of anilines is 1. The topological polar surface area (TPSA) is 45.2 Å². The van der Waals surface area contributed by atoms with Gasteiger partial charge in [0.2, 0.25) is 5.91 Å². The zero-order valence-electron chi connectivity index (χ0n) is 15.2. The lowest BCUT2D eigenvalue weighted by Gasteiger charge is -2.37. The number of carbonyl (C=O) groups is 1. The van der Waals surface area contributed by atoms with E-state index < -0.39 is 0 Å². The summed E-state index contributed by atoms with van der Waals surface area (Å²) < 4.78 is 5.73. The Hall–Kier alpha value is -1.79. The second kappa shape index (κ2) is 9.06. The average molecular weight is 347 g/mol. The van der Waals surface area contributed by atoms with Crippen molar-refractivity contribution in [2.75, 3.05) is 57.4 Å². The van der Waals surface area contributed by atoms with E-state index >= 15 is 0 Å². The largest absolute Gasteiger partial charge is 0.492 e. The molecule has 0 aliphatic carbocycles. The number of carbonyl (C=O) groups excluding carboxylic acids is 1. The lowest BCUT2D eigenvalue weighted by atomic mass is 10.2. The second-order valence-electron chi connectivity index (χ2n) is 6.49. The first kappa shape index (κ1) is 18.0. The van der Waals surface area contributed by atoms with Crippen molar-refractivity contribution in [3.63, 3.8) is 0 Å². The Morgan fingerprint density at radius 2 is 1.92 bits per heavy atom. The zero-order valence-corrected chi connectivity index (χ0v) is 15.2. The fourth-order valence-corrected chi connectivity index (χ4v) is 3.40. The van der Waals surface area contributed by atoms with E-state index in [1.54, 1.807) is 0 Å². The summed E-state index contributed by atoms with van der Waals surface area (Å²) in [5.74, 6) is 1.15. The number of para-hydroxylation sites is 2. The summed E-state index contributed by atoms with van der Waals surface area (Å²) in [6, 6.07) is 8.14. The standard InChI is InChI=1S/C19H29N3O3/c1-2-24-18-8-4-3-7-17(18)20-12-14-21(15-13-20)19(23)9-11-22-10-5-6-16-25-22/h3-4,7-8H,2,5-6,9-16H2,1H3. The van der Waals surface area contributed by atoms with Crippen LogP contribution in [0.3, 0.4) is 0 Å². The van der Waals surface area contributed by atoms with Crippen molar-refractivity contribution in [2.24, 2.45) is 0 Å². The van der Waals surface area contributed by atoms with Crippen molar-refractivity contribution in [1.82, 2.24) is 9.96 Å². The molecular formula is C19H29N3O3. The fraction of sp³-hybridized carbons (Fsp3) is 0.632. The van der Waals surface area contributed by atoms with Gasteiger partial charge in [0.15, 0.2) is 0 Å². The highest BCUT2D eigenvalue weighted by Gasteiger charge is 2.23. The minimum atomic E-state index is 0.229. The summed E-state index contributed by atoms with van der Waals surface area (Å²) in [5.41, 5.74) is 1.12. The highest BCUT2D eigenvalue weighted by Crippen LogP contribution is 2.28. The second-order valence-corrected chi connectivity index (χ2v) is 6.49. The van der Waals surface area contributed by atoms with Crippen molar-refractivity contribution in [2.45, 2.75) is 26.2 Å². The molecule has 1 aromatic carbocycles. The molecule has 0 spiro atoms. The lowest BCUT2D eigenvalue weighted by molar-refractivity contribution is -0.182. The minimum Gasteiger partial charge on any atom is -0.492 e. The quantitative estimate of drug-likeness (QED) is 0.789. The number of hydrogen-bond donors (Lipinski definition) is 0. The summed E-state index contributed by atoms with van der Waals surface area (Å²) in [7, 11) is 0. The molecule has 0 atom stereocenters. The summed E-state index contributed by atoms with van der Waals surface area (Å²) in [6.45, 7) is 8.30. The van der Waals surface area contributed by atoms with Crippen LogP contribution < -0.4 is 9.64 Å². The maximum absolute atomic E-state index is 12.5. The van der Waals surface area contributed by atoms with E-state index in [2.05, 4.69) is 11.0 Å². The van der Waals surface area contributed by atoms with Crippen LogP contribution >= 0.6 is 0 Å². The molecule has 3 rings (SSSR count). The maximum atomic E-state index is 12.5. The number of benzene rings is 1. The number of rotatable bonds is 6. The predicted octanol–water partition coefficient (Wildman–Crippen LogP) is 2.15. The molecule has 2 heterocycles. The Labute approximate surface area is 150 Å². The third-order valence-corrected chi connectivity index (χ3v) is 4.79. The Bertz CT molecular complexity index is 553. The van der Waals surface area contributed by atoms with Gasteiger partial charge in [0.25, 0.3) is 0 Å². The van der Waals surface area contributed by atoms with Crippen LogP contribution in [0.2, 0.25) is 0 Å². The summed E-state index contributed by atoms with van der Waals surface area (Å²) in [6.07, 6.45) is 2.82. The number of nitrogens with zero attached hydrogens (tertiary/aromatic N) is 3. The molecule has 0 unspecified atom stereocenters. The molecule has 2 saturated heterocycles. The highest BCUT2D eigenvalue weighted by atomic mass is 16.7. The van der Waals surface area contributed by atoms with Gasteiger partial charge < -0.3 is 14.5 Å². The first-order valence-corrected chi connectivity index (χ1v) is 9.40. The molecule has 1 amide bonds. The minimum absolute atomic E-state index is 0.229. The third-order valence-electron chi connectivity index (χ3n) is 4.79. The van der Waals surface area contributed by atoms with Crippen LogP contribution in [0.1, 0.15) is 26.2 Å². The molecule has 0 saturated carbocycles. The van der Waals surface area contributed by atoms with E-state index in [4.69, 9.17) is 9.57 Å². The molecule has 0 aromatic heterocycles. The molecule has 0 N–H and O–H groups in total. The van der Waals surface area contributed by atoms with Gasteiger partial charge in [0.1, 0.15) is 5.75 Å². The first-order chi connectivity index (χ1) is 12.3. The zero-order chi connectivity index (χ0) is 17.5. The van der Waals surface area contributed by atoms with Crippen molar-refractivity contribution >= 4 is 11.6 Å². The molecule has 2 fully saturated rings. The van der Waals surface area contributed by atoms with Gasteiger partial charge in [-0.3, -0.25) is 9.63 Å². The van der Waals surface area contributed by atoms with Crippen molar-refractivity contribution in [3.8, 4) is 5.75 Å². The van der Waals surface area contributed by atoms with E-state index in [1.807, 2.05) is 35.1 Å². The number of hydroxylamine groups is 2. The molecular weight excluding hydrogens is 318 g/mol. The predicted molar refractivity (Wildman–Crippen MR) is 97.8 cm³/mol. The Morgan fingerprint density at radius 1 is 1.12 bits per heavy atom. The van der Waals surface area contributed by atoms with Crippen LogP contribution in [0.4, 0.5) is 5.69 Å². The smallest absolute Gasteiger partial charge is 0.224 e. The first-order valence-electron chi connectivity index (χ1n) is 9.40. The summed E-state index contributed by atoms with van der Waals surface area (Å²) in [5, 5.41) is 1.94. The number of piperazine rings is 1. The van der Waals surface area contributed by atoms with Gasteiger partial charge in [0.05, 0.1) is 18.9 Å². The molecule has 2 aliphatic heterocycles. The van der Waals surface area contributed by atoms with E-state index in [0.29, 0.717) is 19.6 Å². The molecule has 138 valence electrons. The molecule has 25 heavy (non-hydrogen) atoms. The lowest BCUT2D eigenvalue weighted by Crippen LogP contribution is -2.49. The molecule has 0 bridgehead atoms. The number of hydrogen-bond acceptors (Lipinski definition) is 5. The van der Waals surface area contributed by atoms with Crippen molar-refractivity contribution < 1.29 is 14.4 Å². The average Bonchev–Trinajstić information content (AvgIpc) is 2.68. The molecule has 1 aromatic rings.